The van der Waals surface area contributed by atoms with Crippen LogP contribution in [0.3, 0.4) is 0 Å². The number of nitro benzene ring substituents is 1. The predicted octanol–water partition coefficient (Wildman–Crippen LogP) is 2.49. The van der Waals surface area contributed by atoms with E-state index in [1.54, 1.807) is 0 Å². The second kappa shape index (κ2) is 8.83. The number of imide groups is 1. The number of benzene rings is 2. The molecule has 0 unspecified atom stereocenters. The molecule has 1 aliphatic heterocycles. The van der Waals surface area contributed by atoms with E-state index in [1.807, 2.05) is 0 Å². The van der Waals surface area contributed by atoms with Crippen LogP contribution >= 0.6 is 11.8 Å². The van der Waals surface area contributed by atoms with Crippen molar-refractivity contribution in [2.24, 2.45) is 0 Å². The number of carbonyl (C=O) groups is 3. The van der Waals surface area contributed by atoms with E-state index >= 15 is 0 Å². The normalized spacial score (nSPS) is 14.8. The number of carbonyl (C=O) groups excluding carboxylic acids is 3. The van der Waals surface area contributed by atoms with Gasteiger partial charge in [-0.05, 0) is 41.6 Å². The fourth-order valence-electron chi connectivity index (χ4n) is 2.66. The molecule has 1 saturated heterocycles. The molecule has 1 heterocycles. The van der Waals surface area contributed by atoms with E-state index in [9.17, 15) is 34.0 Å². The lowest BCUT2D eigenvalue weighted by molar-refractivity contribution is -0.398. The maximum absolute atomic E-state index is 13.6. The molecule has 160 valence electrons. The summed E-state index contributed by atoms with van der Waals surface area (Å²) in [6.07, 6.45) is 1.18. The molecule has 31 heavy (non-hydrogen) atoms. The smallest absolute Gasteiger partial charge is 0.294 e. The number of nitrogens with zero attached hydrogens (tertiary/aromatic N) is 2. The van der Waals surface area contributed by atoms with Gasteiger partial charge in [-0.1, -0.05) is 12.1 Å². The molecule has 1 fully saturated rings. The molecule has 0 aromatic heterocycles. The highest BCUT2D eigenvalue weighted by atomic mass is 32.2. The van der Waals surface area contributed by atoms with E-state index in [0.29, 0.717) is 16.7 Å². The molecule has 3 amide bonds. The molecule has 0 aliphatic carbocycles. The van der Waals surface area contributed by atoms with Crippen molar-refractivity contribution in [1.29, 1.82) is 0 Å². The maximum atomic E-state index is 13.6. The summed E-state index contributed by atoms with van der Waals surface area (Å²) in [6, 6.07) is 7.53. The third-order valence-electron chi connectivity index (χ3n) is 4.10. The van der Waals surface area contributed by atoms with Gasteiger partial charge in [0.1, 0.15) is 18.1 Å². The summed E-state index contributed by atoms with van der Waals surface area (Å²) in [5.41, 5.74) is -0.773. The van der Waals surface area contributed by atoms with Crippen LogP contribution in [0.1, 0.15) is 5.56 Å². The first-order valence-electron chi connectivity index (χ1n) is 8.54. The van der Waals surface area contributed by atoms with Crippen LogP contribution < -0.4 is 15.2 Å². The number of anilines is 1. The van der Waals surface area contributed by atoms with E-state index in [1.165, 1.54) is 30.3 Å². The van der Waals surface area contributed by atoms with Crippen molar-refractivity contribution in [3.05, 3.63) is 62.8 Å². The molecule has 1 aliphatic rings. The van der Waals surface area contributed by atoms with Crippen molar-refractivity contribution in [2.45, 2.75) is 0 Å². The monoisotopic (exact) mass is 446 g/mol. The maximum Gasteiger partial charge on any atom is 0.294 e. The number of rotatable bonds is 6. The van der Waals surface area contributed by atoms with Crippen molar-refractivity contribution in [2.75, 3.05) is 19.0 Å². The minimum Gasteiger partial charge on any atom is -0.865 e. The van der Waals surface area contributed by atoms with Gasteiger partial charge < -0.3 is 15.2 Å². The summed E-state index contributed by atoms with van der Waals surface area (Å²) in [7, 11) is 1.16. The summed E-state index contributed by atoms with van der Waals surface area (Å²) in [5.74, 6) is -3.51. The molecule has 12 heteroatoms. The highest BCUT2D eigenvalue weighted by molar-refractivity contribution is 8.18. The van der Waals surface area contributed by atoms with Crippen LogP contribution in [-0.4, -0.2) is 40.5 Å². The quantitative estimate of drug-likeness (QED) is 0.405. The molecular weight excluding hydrogens is 433 g/mol. The molecule has 0 atom stereocenters. The van der Waals surface area contributed by atoms with Gasteiger partial charge in [-0.3, -0.25) is 29.4 Å². The van der Waals surface area contributed by atoms with Crippen molar-refractivity contribution >= 4 is 46.3 Å². The molecule has 3 rings (SSSR count). The number of hydrogen-bond acceptors (Lipinski definition) is 8. The highest BCUT2D eigenvalue weighted by Gasteiger charge is 2.36. The van der Waals surface area contributed by atoms with Crippen molar-refractivity contribution in [3.8, 4) is 11.5 Å². The first kappa shape index (κ1) is 21.8. The number of para-hydroxylation sites is 1. The van der Waals surface area contributed by atoms with Crippen molar-refractivity contribution < 1.29 is 33.5 Å². The van der Waals surface area contributed by atoms with Gasteiger partial charge in [0.15, 0.2) is 0 Å². The fourth-order valence-corrected chi connectivity index (χ4v) is 3.50. The van der Waals surface area contributed by atoms with Gasteiger partial charge in [-0.15, -0.1) is 0 Å². The van der Waals surface area contributed by atoms with Gasteiger partial charge in [0.25, 0.3) is 16.8 Å². The summed E-state index contributed by atoms with van der Waals surface area (Å²) in [4.78, 5) is 47.6. The molecule has 0 radical (unpaired) electrons. The zero-order valence-electron chi connectivity index (χ0n) is 15.8. The number of nitrogens with one attached hydrogen (secondary N) is 1. The Hall–Kier alpha value is -3.93. The lowest BCUT2D eigenvalue weighted by Gasteiger charge is -2.13. The Morgan fingerprint density at radius 1 is 1.32 bits per heavy atom. The number of hydrogen-bond donors (Lipinski definition) is 1. The van der Waals surface area contributed by atoms with Gasteiger partial charge >= 0.3 is 0 Å². The van der Waals surface area contributed by atoms with E-state index < -0.39 is 45.8 Å². The Balaban J connectivity index is 1.81. The van der Waals surface area contributed by atoms with Crippen LogP contribution in [0.2, 0.25) is 0 Å². The number of halogens is 1. The standard InChI is InChI=1S/C19H14FN3O7S/c1-30-14-7-10(6-13(17(14)25)23(28)29)8-15-18(26)22(19(27)31-15)9-16(24)21-12-5-3-2-4-11(12)20/h2-8,25H,9H2,1H3,(H,21,24)/p-1/b15-8-. The van der Waals surface area contributed by atoms with Gasteiger partial charge in [0, 0.05) is 11.8 Å². The molecule has 0 saturated carbocycles. The lowest BCUT2D eigenvalue weighted by atomic mass is 10.1. The summed E-state index contributed by atoms with van der Waals surface area (Å²) >= 11 is 0.516. The summed E-state index contributed by atoms with van der Waals surface area (Å²) in [6.45, 7) is -0.653. The Morgan fingerprint density at radius 2 is 2.03 bits per heavy atom. The van der Waals surface area contributed by atoms with Gasteiger partial charge in [0.05, 0.1) is 22.6 Å². The van der Waals surface area contributed by atoms with Crippen LogP contribution in [0.25, 0.3) is 6.08 Å². The molecular formula is C19H13FN3O7S-. The fraction of sp³-hybridized carbons (Fsp3) is 0.105. The second-order valence-electron chi connectivity index (χ2n) is 6.12. The SMILES string of the molecule is COc1cc(/C=C2\SC(=O)N(CC(=O)Nc3ccccc3F)C2=O)cc([N+](=O)[O-])c1[O-]. The molecule has 0 bridgehead atoms. The number of ether oxygens (including phenoxy) is 1. The molecule has 10 nitrogen and oxygen atoms in total. The minimum atomic E-state index is -0.928. The third-order valence-corrected chi connectivity index (χ3v) is 5.00. The predicted molar refractivity (Wildman–Crippen MR) is 107 cm³/mol. The first-order chi connectivity index (χ1) is 14.7. The van der Waals surface area contributed by atoms with Crippen LogP contribution in [0, 0.1) is 15.9 Å². The number of nitro groups is 1. The van der Waals surface area contributed by atoms with Crippen LogP contribution in [0.4, 0.5) is 20.6 Å². The van der Waals surface area contributed by atoms with Crippen LogP contribution in [0.15, 0.2) is 41.3 Å². The topological polar surface area (TPSA) is 142 Å². The van der Waals surface area contributed by atoms with Crippen molar-refractivity contribution in [3.63, 3.8) is 0 Å². The largest absolute Gasteiger partial charge is 0.865 e. The van der Waals surface area contributed by atoms with E-state index in [4.69, 9.17) is 4.74 Å². The van der Waals surface area contributed by atoms with Gasteiger partial charge in [-0.2, -0.15) is 0 Å². The average molecular weight is 446 g/mol. The number of methoxy groups -OCH3 is 1. The first-order valence-corrected chi connectivity index (χ1v) is 9.36. The lowest BCUT2D eigenvalue weighted by Crippen LogP contribution is -2.36. The van der Waals surface area contributed by atoms with Crippen molar-refractivity contribution in [1.82, 2.24) is 4.90 Å². The Bertz CT molecular complexity index is 1140. The molecule has 0 spiro atoms. The van der Waals surface area contributed by atoms with E-state index in [2.05, 4.69) is 5.32 Å². The van der Waals surface area contributed by atoms with Gasteiger partial charge in [-0.25, -0.2) is 4.39 Å². The Kier molecular flexibility index (Phi) is 6.20. The van der Waals surface area contributed by atoms with E-state index in [-0.39, 0.29) is 21.9 Å². The molecule has 2 aromatic rings. The minimum absolute atomic E-state index is 0.0875. The zero-order valence-corrected chi connectivity index (χ0v) is 16.6. The Labute approximate surface area is 178 Å². The summed E-state index contributed by atoms with van der Waals surface area (Å²) < 4.78 is 18.5. The zero-order chi connectivity index (χ0) is 22.7. The van der Waals surface area contributed by atoms with Crippen LogP contribution in [-0.2, 0) is 9.59 Å². The third kappa shape index (κ3) is 4.64. The number of thioether (sulfide) groups is 1. The second-order valence-corrected chi connectivity index (χ2v) is 7.12. The summed E-state index contributed by atoms with van der Waals surface area (Å²) in [5, 5.41) is 24.5. The van der Waals surface area contributed by atoms with Crippen LogP contribution in [0.5, 0.6) is 11.5 Å². The highest BCUT2D eigenvalue weighted by Crippen LogP contribution is 2.37. The molecule has 2 aromatic carbocycles. The number of amides is 3. The van der Waals surface area contributed by atoms with E-state index in [0.717, 1.165) is 19.2 Å². The average Bonchev–Trinajstić information content (AvgIpc) is 2.98. The Morgan fingerprint density at radius 3 is 2.68 bits per heavy atom. The molecule has 1 N–H and O–H groups in total. The van der Waals surface area contributed by atoms with Gasteiger partial charge in [0.2, 0.25) is 5.91 Å².